The summed E-state index contributed by atoms with van der Waals surface area (Å²) in [5, 5.41) is 0. The first-order chi connectivity index (χ1) is 10.5. The fraction of sp³-hybridized carbons (Fsp3) is 0.467. The number of primary amides is 1. The summed E-state index contributed by atoms with van der Waals surface area (Å²) >= 11 is 0. The SMILES string of the molecule is CN1C(=O)C(N)COc2ccc(OC(C(N)=O)C3CC3)cc21.Cl. The normalized spacial score (nSPS) is 21.4. The zero-order valence-corrected chi connectivity index (χ0v) is 13.5. The zero-order valence-electron chi connectivity index (χ0n) is 12.7. The number of likely N-dealkylation sites (N-methyl/N-ethyl adjacent to an activating group) is 1. The van der Waals surface area contributed by atoms with Crippen molar-refractivity contribution in [2.45, 2.75) is 25.0 Å². The van der Waals surface area contributed by atoms with E-state index in [4.69, 9.17) is 20.9 Å². The van der Waals surface area contributed by atoms with Gasteiger partial charge in [-0.1, -0.05) is 0 Å². The largest absolute Gasteiger partial charge is 0.489 e. The van der Waals surface area contributed by atoms with E-state index in [9.17, 15) is 9.59 Å². The molecule has 0 saturated heterocycles. The van der Waals surface area contributed by atoms with Crippen molar-refractivity contribution in [3.05, 3.63) is 18.2 Å². The van der Waals surface area contributed by atoms with Gasteiger partial charge in [0.15, 0.2) is 6.10 Å². The van der Waals surface area contributed by atoms with Gasteiger partial charge in [-0.2, -0.15) is 0 Å². The lowest BCUT2D eigenvalue weighted by Crippen LogP contribution is -2.43. The molecule has 2 atom stereocenters. The van der Waals surface area contributed by atoms with Crippen LogP contribution in [0.1, 0.15) is 12.8 Å². The summed E-state index contributed by atoms with van der Waals surface area (Å²) in [6, 6.07) is 4.37. The van der Waals surface area contributed by atoms with E-state index < -0.39 is 18.1 Å². The number of amides is 2. The van der Waals surface area contributed by atoms with Crippen LogP contribution in [0.3, 0.4) is 0 Å². The Morgan fingerprint density at radius 3 is 2.74 bits per heavy atom. The molecule has 4 N–H and O–H groups in total. The summed E-state index contributed by atoms with van der Waals surface area (Å²) in [6.07, 6.45) is 1.25. The Bertz CT molecular complexity index is 621. The van der Waals surface area contributed by atoms with Crippen LogP contribution in [0.4, 0.5) is 5.69 Å². The summed E-state index contributed by atoms with van der Waals surface area (Å²) in [4.78, 5) is 25.0. The minimum absolute atomic E-state index is 0. The summed E-state index contributed by atoms with van der Waals surface area (Å²) < 4.78 is 11.3. The topological polar surface area (TPSA) is 108 Å². The third kappa shape index (κ3) is 3.51. The highest BCUT2D eigenvalue weighted by Crippen LogP contribution is 2.38. The summed E-state index contributed by atoms with van der Waals surface area (Å²) in [5.74, 6) is 0.511. The molecular formula is C15H20ClN3O4. The lowest BCUT2D eigenvalue weighted by molar-refractivity contribution is -0.125. The molecule has 3 rings (SSSR count). The molecule has 2 unspecified atom stereocenters. The van der Waals surface area contributed by atoms with Crippen molar-refractivity contribution < 1.29 is 19.1 Å². The van der Waals surface area contributed by atoms with Gasteiger partial charge < -0.3 is 25.8 Å². The van der Waals surface area contributed by atoms with Crippen LogP contribution >= 0.6 is 12.4 Å². The Balaban J connectivity index is 0.00000192. The van der Waals surface area contributed by atoms with Crippen molar-refractivity contribution in [3.63, 3.8) is 0 Å². The molecule has 0 radical (unpaired) electrons. The number of rotatable bonds is 4. The number of fused-ring (bicyclic) bond motifs is 1. The maximum absolute atomic E-state index is 12.1. The maximum Gasteiger partial charge on any atom is 0.258 e. The second kappa shape index (κ2) is 6.64. The molecule has 1 aliphatic carbocycles. The molecule has 1 aromatic carbocycles. The van der Waals surface area contributed by atoms with Crippen molar-refractivity contribution >= 4 is 29.9 Å². The molecule has 1 fully saturated rings. The van der Waals surface area contributed by atoms with E-state index in [1.165, 1.54) is 4.90 Å². The molecule has 23 heavy (non-hydrogen) atoms. The number of ether oxygens (including phenoxy) is 2. The average Bonchev–Trinajstić information content (AvgIpc) is 3.33. The van der Waals surface area contributed by atoms with Gasteiger partial charge in [0.2, 0.25) is 5.91 Å². The lowest BCUT2D eigenvalue weighted by Gasteiger charge is -2.20. The summed E-state index contributed by atoms with van der Waals surface area (Å²) in [5.41, 5.74) is 11.7. The average molecular weight is 342 g/mol. The number of carbonyl (C=O) groups excluding carboxylic acids is 2. The van der Waals surface area contributed by atoms with Gasteiger partial charge in [0.05, 0.1) is 5.69 Å². The number of hydrogen-bond donors (Lipinski definition) is 2. The second-order valence-corrected chi connectivity index (χ2v) is 5.72. The number of nitrogens with two attached hydrogens (primary N) is 2. The number of carbonyl (C=O) groups is 2. The fourth-order valence-electron chi connectivity index (χ4n) is 2.51. The molecular weight excluding hydrogens is 322 g/mol. The first-order valence-electron chi connectivity index (χ1n) is 7.23. The van der Waals surface area contributed by atoms with E-state index in [0.717, 1.165) is 12.8 Å². The quantitative estimate of drug-likeness (QED) is 0.825. The zero-order chi connectivity index (χ0) is 15.9. The standard InChI is InChI=1S/C15H19N3O4.ClH/c1-18-11-6-9(22-13(14(17)19)8-2-3-8)4-5-12(11)21-7-10(16)15(18)20;/h4-6,8,10,13H,2-3,7,16H2,1H3,(H2,17,19);1H. The number of benzene rings is 1. The van der Waals surface area contributed by atoms with Crippen molar-refractivity contribution in [1.29, 1.82) is 0 Å². The van der Waals surface area contributed by atoms with Gasteiger partial charge in [-0.15, -0.1) is 12.4 Å². The van der Waals surface area contributed by atoms with Crippen LogP contribution in [0.25, 0.3) is 0 Å². The maximum atomic E-state index is 12.1. The number of halogens is 1. The van der Waals surface area contributed by atoms with Gasteiger partial charge in [0.1, 0.15) is 24.1 Å². The van der Waals surface area contributed by atoms with E-state index in [1.807, 2.05) is 0 Å². The first-order valence-corrected chi connectivity index (χ1v) is 7.23. The van der Waals surface area contributed by atoms with Gasteiger partial charge in [-0.3, -0.25) is 9.59 Å². The van der Waals surface area contributed by atoms with E-state index in [-0.39, 0.29) is 30.8 Å². The van der Waals surface area contributed by atoms with Crippen LogP contribution in [0.15, 0.2) is 18.2 Å². The van der Waals surface area contributed by atoms with Crippen molar-refractivity contribution in [1.82, 2.24) is 0 Å². The van der Waals surface area contributed by atoms with E-state index >= 15 is 0 Å². The highest BCUT2D eigenvalue weighted by atomic mass is 35.5. The van der Waals surface area contributed by atoms with Crippen LogP contribution in [0.5, 0.6) is 11.5 Å². The third-order valence-corrected chi connectivity index (χ3v) is 3.95. The Morgan fingerprint density at radius 2 is 2.13 bits per heavy atom. The predicted octanol–water partition coefficient (Wildman–Crippen LogP) is 0.434. The monoisotopic (exact) mass is 341 g/mol. The predicted molar refractivity (Wildman–Crippen MR) is 86.9 cm³/mol. The first kappa shape index (κ1) is 17.4. The van der Waals surface area contributed by atoms with Crippen LogP contribution < -0.4 is 25.8 Å². The van der Waals surface area contributed by atoms with Gasteiger partial charge in [-0.25, -0.2) is 0 Å². The second-order valence-electron chi connectivity index (χ2n) is 5.72. The van der Waals surface area contributed by atoms with Gasteiger partial charge >= 0.3 is 0 Å². The number of anilines is 1. The molecule has 7 nitrogen and oxygen atoms in total. The smallest absolute Gasteiger partial charge is 0.258 e. The molecule has 1 saturated carbocycles. The van der Waals surface area contributed by atoms with Crippen molar-refractivity contribution in [2.24, 2.45) is 17.4 Å². The van der Waals surface area contributed by atoms with Crippen LogP contribution in [-0.2, 0) is 9.59 Å². The molecule has 1 heterocycles. The van der Waals surface area contributed by atoms with Gasteiger partial charge in [0, 0.05) is 19.0 Å². The Labute approximate surface area is 140 Å². The number of hydrogen-bond acceptors (Lipinski definition) is 5. The third-order valence-electron chi connectivity index (χ3n) is 3.95. The fourth-order valence-corrected chi connectivity index (χ4v) is 2.51. The lowest BCUT2D eigenvalue weighted by atomic mass is 10.2. The highest BCUT2D eigenvalue weighted by molar-refractivity contribution is 5.98. The van der Waals surface area contributed by atoms with Crippen molar-refractivity contribution in [2.75, 3.05) is 18.6 Å². The molecule has 0 bridgehead atoms. The highest BCUT2D eigenvalue weighted by Gasteiger charge is 2.37. The van der Waals surface area contributed by atoms with E-state index in [1.54, 1.807) is 25.2 Å². The molecule has 1 aliphatic heterocycles. The Morgan fingerprint density at radius 1 is 1.43 bits per heavy atom. The minimum Gasteiger partial charge on any atom is -0.489 e. The minimum atomic E-state index is -0.702. The van der Waals surface area contributed by atoms with Crippen molar-refractivity contribution in [3.8, 4) is 11.5 Å². The number of nitrogens with zero attached hydrogens (tertiary/aromatic N) is 1. The van der Waals surface area contributed by atoms with Crippen LogP contribution in [-0.4, -0.2) is 37.6 Å². The van der Waals surface area contributed by atoms with E-state index in [2.05, 4.69) is 0 Å². The van der Waals surface area contributed by atoms with Crippen LogP contribution in [0, 0.1) is 5.92 Å². The molecule has 8 heteroatoms. The van der Waals surface area contributed by atoms with E-state index in [0.29, 0.717) is 17.2 Å². The Hall–Kier alpha value is -1.99. The molecule has 1 aromatic rings. The van der Waals surface area contributed by atoms with Crippen LogP contribution in [0.2, 0.25) is 0 Å². The van der Waals surface area contributed by atoms with Gasteiger partial charge in [-0.05, 0) is 25.0 Å². The molecule has 2 amide bonds. The Kier molecular flexibility index (Phi) is 5.01. The summed E-state index contributed by atoms with van der Waals surface area (Å²) in [6.45, 7) is 0.127. The molecule has 0 aromatic heterocycles. The van der Waals surface area contributed by atoms with Gasteiger partial charge in [0.25, 0.3) is 5.91 Å². The molecule has 0 spiro atoms. The molecule has 126 valence electrons. The molecule has 2 aliphatic rings. The summed E-state index contributed by atoms with van der Waals surface area (Å²) in [7, 11) is 1.63.